The molecule has 0 bridgehead atoms. The second kappa shape index (κ2) is 5.95. The molecule has 1 N–H and O–H groups in total. The zero-order valence-corrected chi connectivity index (χ0v) is 12.6. The number of benzene rings is 1. The van der Waals surface area contributed by atoms with Crippen molar-refractivity contribution in [1.29, 1.82) is 0 Å². The van der Waals surface area contributed by atoms with Crippen LogP contribution in [-0.2, 0) is 0 Å². The Bertz CT molecular complexity index is 643. The highest BCUT2D eigenvalue weighted by atomic mass is 16.6. The molecule has 0 aliphatic heterocycles. The second-order valence-corrected chi connectivity index (χ2v) is 5.46. The van der Waals surface area contributed by atoms with E-state index in [2.05, 4.69) is 24.3 Å². The number of rotatable bonds is 5. The topological polar surface area (TPSA) is 81.2 Å². The van der Waals surface area contributed by atoms with Crippen LogP contribution in [-0.4, -0.2) is 16.6 Å². The summed E-state index contributed by atoms with van der Waals surface area (Å²) in [7, 11) is 0. The summed E-state index contributed by atoms with van der Waals surface area (Å²) in [6.07, 6.45) is 0. The van der Waals surface area contributed by atoms with E-state index in [4.69, 9.17) is 4.52 Å². The zero-order chi connectivity index (χ0) is 15.6. The molecule has 1 aromatic carbocycles. The van der Waals surface area contributed by atoms with Gasteiger partial charge in [-0.15, -0.1) is 0 Å². The number of hydrogen-bond donors (Lipinski definition) is 1. The molecule has 0 fully saturated rings. The van der Waals surface area contributed by atoms with E-state index >= 15 is 0 Å². The van der Waals surface area contributed by atoms with Gasteiger partial charge in [0.05, 0.1) is 10.6 Å². The monoisotopic (exact) mass is 289 g/mol. The summed E-state index contributed by atoms with van der Waals surface area (Å²) >= 11 is 0. The van der Waals surface area contributed by atoms with E-state index in [-0.39, 0.29) is 10.6 Å². The summed E-state index contributed by atoms with van der Waals surface area (Å²) < 4.78 is 5.12. The van der Waals surface area contributed by atoms with Gasteiger partial charge >= 0.3 is 0 Å². The Morgan fingerprint density at radius 3 is 2.62 bits per heavy atom. The maximum Gasteiger partial charge on any atom is 0.292 e. The third-order valence-electron chi connectivity index (χ3n) is 3.22. The average Bonchev–Trinajstić information content (AvgIpc) is 2.75. The lowest BCUT2D eigenvalue weighted by molar-refractivity contribution is -0.383. The van der Waals surface area contributed by atoms with Gasteiger partial charge in [-0.05, 0) is 31.4 Å². The minimum absolute atomic E-state index is 0.0631. The highest BCUT2D eigenvalue weighted by Gasteiger charge is 2.18. The molecule has 21 heavy (non-hydrogen) atoms. The molecule has 0 spiro atoms. The fourth-order valence-corrected chi connectivity index (χ4v) is 2.20. The molecule has 6 heteroatoms. The number of aromatic nitrogens is 1. The molecule has 2 aromatic rings. The summed E-state index contributed by atoms with van der Waals surface area (Å²) in [6, 6.07) is 5.15. The van der Waals surface area contributed by atoms with Crippen LogP contribution in [0.4, 0.5) is 11.4 Å². The fourth-order valence-electron chi connectivity index (χ4n) is 2.20. The van der Waals surface area contributed by atoms with E-state index in [0.717, 1.165) is 16.8 Å². The first-order valence-electron chi connectivity index (χ1n) is 6.85. The Morgan fingerprint density at radius 1 is 1.38 bits per heavy atom. The molecule has 0 saturated heterocycles. The van der Waals surface area contributed by atoms with Gasteiger partial charge < -0.3 is 9.84 Å². The lowest BCUT2D eigenvalue weighted by atomic mass is 10.0. The lowest BCUT2D eigenvalue weighted by Crippen LogP contribution is -2.09. The molecule has 112 valence electrons. The summed E-state index contributed by atoms with van der Waals surface area (Å²) in [4.78, 5) is 10.9. The molecule has 0 saturated carbocycles. The van der Waals surface area contributed by atoms with E-state index in [1.165, 1.54) is 0 Å². The maximum absolute atomic E-state index is 11.3. The van der Waals surface area contributed by atoms with E-state index in [1.807, 2.05) is 13.0 Å². The quantitative estimate of drug-likeness (QED) is 0.666. The molecule has 1 aromatic heterocycles. The van der Waals surface area contributed by atoms with Gasteiger partial charge in [-0.1, -0.05) is 25.1 Å². The van der Waals surface area contributed by atoms with Crippen LogP contribution in [0, 0.1) is 29.9 Å². The van der Waals surface area contributed by atoms with E-state index < -0.39 is 0 Å². The standard InChI is InChI=1S/C15H19N3O3/c1-9(2)8-16-13-6-5-12(7-14(13)18(19)20)15-10(3)17-21-11(15)4/h5-7,9,16H,8H2,1-4H3. The summed E-state index contributed by atoms with van der Waals surface area (Å²) in [5.41, 5.74) is 2.88. The molecule has 0 atom stereocenters. The SMILES string of the molecule is Cc1noc(C)c1-c1ccc(NCC(C)C)c([N+](=O)[O-])c1. The first-order valence-corrected chi connectivity index (χ1v) is 6.85. The Morgan fingerprint density at radius 2 is 2.10 bits per heavy atom. The third kappa shape index (κ3) is 3.21. The smallest absolute Gasteiger partial charge is 0.292 e. The highest BCUT2D eigenvalue weighted by molar-refractivity contribution is 5.75. The van der Waals surface area contributed by atoms with Crippen molar-refractivity contribution in [1.82, 2.24) is 5.16 Å². The van der Waals surface area contributed by atoms with Crippen LogP contribution in [0.1, 0.15) is 25.3 Å². The van der Waals surface area contributed by atoms with Crippen molar-refractivity contribution >= 4 is 11.4 Å². The van der Waals surface area contributed by atoms with Crippen LogP contribution in [0.15, 0.2) is 22.7 Å². The molecule has 0 aliphatic carbocycles. The molecule has 0 aliphatic rings. The van der Waals surface area contributed by atoms with Gasteiger partial charge in [0.25, 0.3) is 5.69 Å². The number of hydrogen-bond acceptors (Lipinski definition) is 5. The fraction of sp³-hybridized carbons (Fsp3) is 0.400. The molecule has 1 heterocycles. The molecule has 0 radical (unpaired) electrons. The number of nitro benzene ring substituents is 1. The molecule has 0 amide bonds. The van der Waals surface area contributed by atoms with E-state index in [9.17, 15) is 10.1 Å². The van der Waals surface area contributed by atoms with Crippen molar-refractivity contribution in [3.8, 4) is 11.1 Å². The van der Waals surface area contributed by atoms with Crippen LogP contribution in [0.25, 0.3) is 11.1 Å². The molecular formula is C15H19N3O3. The molecule has 6 nitrogen and oxygen atoms in total. The van der Waals surface area contributed by atoms with Crippen molar-refractivity contribution in [2.45, 2.75) is 27.7 Å². The van der Waals surface area contributed by atoms with Gasteiger partial charge in [0, 0.05) is 18.2 Å². The summed E-state index contributed by atoms with van der Waals surface area (Å²) in [5, 5.41) is 18.3. The Labute approximate surface area is 123 Å². The largest absolute Gasteiger partial charge is 0.379 e. The molecule has 0 unspecified atom stereocenters. The van der Waals surface area contributed by atoms with Gasteiger partial charge in [-0.3, -0.25) is 10.1 Å². The van der Waals surface area contributed by atoms with Crippen LogP contribution in [0.3, 0.4) is 0 Å². The van der Waals surface area contributed by atoms with Gasteiger partial charge in [0.1, 0.15) is 11.4 Å². The number of nitrogens with zero attached hydrogens (tertiary/aromatic N) is 2. The van der Waals surface area contributed by atoms with Gasteiger partial charge in [-0.25, -0.2) is 0 Å². The van der Waals surface area contributed by atoms with Crippen molar-refractivity contribution in [3.63, 3.8) is 0 Å². The van der Waals surface area contributed by atoms with Gasteiger partial charge in [0.2, 0.25) is 0 Å². The predicted octanol–water partition coefficient (Wildman–Crippen LogP) is 3.93. The number of nitrogens with one attached hydrogen (secondary N) is 1. The number of aryl methyl sites for hydroxylation is 2. The minimum atomic E-state index is -0.371. The Kier molecular flexibility index (Phi) is 4.26. The van der Waals surface area contributed by atoms with Crippen molar-refractivity contribution < 1.29 is 9.45 Å². The minimum Gasteiger partial charge on any atom is -0.379 e. The van der Waals surface area contributed by atoms with Crippen molar-refractivity contribution in [2.75, 3.05) is 11.9 Å². The average molecular weight is 289 g/mol. The second-order valence-electron chi connectivity index (χ2n) is 5.46. The Hall–Kier alpha value is -2.37. The van der Waals surface area contributed by atoms with Crippen LogP contribution in [0.2, 0.25) is 0 Å². The predicted molar refractivity (Wildman–Crippen MR) is 81.4 cm³/mol. The first kappa shape index (κ1) is 15.0. The lowest BCUT2D eigenvalue weighted by Gasteiger charge is -2.10. The van der Waals surface area contributed by atoms with E-state index in [0.29, 0.717) is 23.9 Å². The highest BCUT2D eigenvalue weighted by Crippen LogP contribution is 2.33. The normalized spacial score (nSPS) is 10.9. The zero-order valence-electron chi connectivity index (χ0n) is 12.6. The summed E-state index contributed by atoms with van der Waals surface area (Å²) in [6.45, 7) is 8.41. The summed E-state index contributed by atoms with van der Waals surface area (Å²) in [5.74, 6) is 1.07. The van der Waals surface area contributed by atoms with Crippen LogP contribution >= 0.6 is 0 Å². The van der Waals surface area contributed by atoms with Crippen LogP contribution in [0.5, 0.6) is 0 Å². The van der Waals surface area contributed by atoms with Crippen molar-refractivity contribution in [2.24, 2.45) is 5.92 Å². The molecular weight excluding hydrogens is 270 g/mol. The number of nitro groups is 1. The van der Waals surface area contributed by atoms with E-state index in [1.54, 1.807) is 19.1 Å². The number of anilines is 1. The van der Waals surface area contributed by atoms with Gasteiger partial charge in [0.15, 0.2) is 0 Å². The third-order valence-corrected chi connectivity index (χ3v) is 3.22. The first-order chi connectivity index (χ1) is 9.90. The van der Waals surface area contributed by atoms with Crippen LogP contribution < -0.4 is 5.32 Å². The molecule has 2 rings (SSSR count). The van der Waals surface area contributed by atoms with Crippen molar-refractivity contribution in [3.05, 3.63) is 39.8 Å². The maximum atomic E-state index is 11.3. The van der Waals surface area contributed by atoms with Gasteiger partial charge in [-0.2, -0.15) is 0 Å². The Balaban J connectivity index is 2.43.